The first-order chi connectivity index (χ1) is 16.4. The van der Waals surface area contributed by atoms with Gasteiger partial charge in [0, 0.05) is 12.1 Å². The van der Waals surface area contributed by atoms with Crippen LogP contribution in [-0.2, 0) is 43.2 Å². The average Bonchev–Trinajstić information content (AvgIpc) is 2.70. The fraction of sp³-hybridized carbons (Fsp3) is 0.562. The molecule has 1 saturated carbocycles. The van der Waals surface area contributed by atoms with Gasteiger partial charge in [-0.15, -0.1) is 0 Å². The Morgan fingerprint density at radius 1 is 0.750 bits per heavy atom. The lowest BCUT2D eigenvalue weighted by atomic mass is 9.85. The van der Waals surface area contributed by atoms with Gasteiger partial charge >= 0.3 is 29.4 Å². The van der Waals surface area contributed by atoms with Crippen molar-refractivity contribution in [2.24, 2.45) is 0 Å². The number of carbonyl (C=O) groups is 1. The summed E-state index contributed by atoms with van der Waals surface area (Å²) in [6, 6.07) is 6.70. The molecule has 36 heavy (non-hydrogen) atoms. The molecule has 0 aliphatic heterocycles. The van der Waals surface area contributed by atoms with E-state index in [0.29, 0.717) is 12.1 Å². The molecule has 20 heteroatoms. The van der Waals surface area contributed by atoms with Gasteiger partial charge in [0.15, 0.2) is 6.10 Å². The monoisotopic (exact) mass is 581 g/mol. The number of phosphoric ester groups is 3. The molecule has 6 atom stereocenters. The van der Waals surface area contributed by atoms with E-state index in [4.69, 9.17) is 39.8 Å². The molecule has 1 aliphatic carbocycles. The van der Waals surface area contributed by atoms with Gasteiger partial charge in [0.05, 0.1) is 0 Å². The first-order valence-electron chi connectivity index (χ1n) is 9.98. The summed E-state index contributed by atoms with van der Waals surface area (Å²) in [4.78, 5) is 67.2. The molecule has 0 amide bonds. The van der Waals surface area contributed by atoms with Crippen LogP contribution in [0.1, 0.15) is 18.4 Å². The van der Waals surface area contributed by atoms with Crippen LogP contribution in [0.5, 0.6) is 0 Å². The van der Waals surface area contributed by atoms with Gasteiger partial charge in [0.1, 0.15) is 30.5 Å². The smallest absolute Gasteiger partial charge is 0.457 e. The maximum Gasteiger partial charge on any atom is 0.470 e. The summed E-state index contributed by atoms with van der Waals surface area (Å²) in [5.74, 6) is -1.05. The van der Waals surface area contributed by atoms with Gasteiger partial charge in [-0.2, -0.15) is 0 Å². The molecule has 1 aromatic rings. The van der Waals surface area contributed by atoms with Crippen LogP contribution in [0.3, 0.4) is 0 Å². The molecule has 17 nitrogen and oxygen atoms in total. The number of anilines is 1. The van der Waals surface area contributed by atoms with E-state index in [1.807, 2.05) is 0 Å². The Hall–Kier alpha value is -1.26. The molecule has 0 aromatic heterocycles. The van der Waals surface area contributed by atoms with Crippen LogP contribution in [0, 0.1) is 0 Å². The summed E-state index contributed by atoms with van der Waals surface area (Å²) in [5.41, 5.74) is 6.93. The molecule has 10 N–H and O–H groups in total. The molecule has 0 spiro atoms. The summed E-state index contributed by atoms with van der Waals surface area (Å²) in [6.07, 6.45) is -14.2. The number of aliphatic hydroxyl groups is 2. The van der Waals surface area contributed by atoms with Crippen LogP contribution >= 0.6 is 23.5 Å². The highest BCUT2D eigenvalue weighted by atomic mass is 31.2. The second kappa shape index (κ2) is 12.1. The van der Waals surface area contributed by atoms with Crippen LogP contribution in [0.4, 0.5) is 5.69 Å². The maximum atomic E-state index is 12.3. The predicted molar refractivity (Wildman–Crippen MR) is 116 cm³/mol. The van der Waals surface area contributed by atoms with E-state index in [-0.39, 0.29) is 12.8 Å². The van der Waals surface area contributed by atoms with Gasteiger partial charge in [-0.3, -0.25) is 18.4 Å². The van der Waals surface area contributed by atoms with Gasteiger partial charge in [-0.05, 0) is 30.5 Å². The molecular weight excluding hydrogens is 555 g/mol. The van der Waals surface area contributed by atoms with E-state index < -0.39 is 66.1 Å². The van der Waals surface area contributed by atoms with Gasteiger partial charge in [0.2, 0.25) is 0 Å². The zero-order valence-corrected chi connectivity index (χ0v) is 20.8. The van der Waals surface area contributed by atoms with Gasteiger partial charge < -0.3 is 50.0 Å². The van der Waals surface area contributed by atoms with Crippen LogP contribution in [0.25, 0.3) is 0 Å². The topological polar surface area (TPSA) is 293 Å². The Labute approximate surface area is 203 Å². The van der Waals surface area contributed by atoms with Crippen molar-refractivity contribution >= 4 is 35.1 Å². The molecule has 2 unspecified atom stereocenters. The Kier molecular flexibility index (Phi) is 10.4. The zero-order chi connectivity index (χ0) is 27.5. The largest absolute Gasteiger partial charge is 0.470 e. The highest BCUT2D eigenvalue weighted by Gasteiger charge is 2.58. The minimum atomic E-state index is -5.59. The molecular formula is C16H26NO16P3. The molecule has 206 valence electrons. The number of aliphatic hydroxyl groups excluding tert-OH is 2. The second-order valence-electron chi connectivity index (χ2n) is 7.71. The summed E-state index contributed by atoms with van der Waals surface area (Å²) in [6.45, 7) is 0. The number of esters is 1. The third-order valence-electron chi connectivity index (χ3n) is 4.86. The van der Waals surface area contributed by atoms with Crippen molar-refractivity contribution in [1.82, 2.24) is 0 Å². The molecule has 0 radical (unpaired) electrons. The highest BCUT2D eigenvalue weighted by molar-refractivity contribution is 7.47. The minimum absolute atomic E-state index is 0.205. The van der Waals surface area contributed by atoms with Gasteiger partial charge in [-0.1, -0.05) is 12.1 Å². The molecule has 0 saturated heterocycles. The summed E-state index contributed by atoms with van der Waals surface area (Å²) in [5, 5.41) is 21.0. The van der Waals surface area contributed by atoms with Crippen molar-refractivity contribution in [2.75, 3.05) is 5.73 Å². The third-order valence-corrected chi connectivity index (χ3v) is 6.42. The summed E-state index contributed by atoms with van der Waals surface area (Å²) >= 11 is 0. The Bertz CT molecular complexity index is 996. The Morgan fingerprint density at radius 3 is 1.58 bits per heavy atom. The molecule has 1 aromatic carbocycles. The fourth-order valence-corrected chi connectivity index (χ4v) is 5.14. The fourth-order valence-electron chi connectivity index (χ4n) is 3.46. The number of hydrogen-bond donors (Lipinski definition) is 9. The summed E-state index contributed by atoms with van der Waals surface area (Å²) in [7, 11) is -16.7. The number of carbonyl (C=O) groups excluding carboxylic acids is 1. The van der Waals surface area contributed by atoms with E-state index in [2.05, 4.69) is 13.6 Å². The molecule has 1 fully saturated rings. The third kappa shape index (κ3) is 9.89. The van der Waals surface area contributed by atoms with E-state index in [1.165, 1.54) is 0 Å². The number of hydrogen-bond acceptors (Lipinski definition) is 11. The SMILES string of the molecule is Nc1ccc(CCCC(=O)OC2[C@H](O)[C@H](OP(=O)(O)O)C(OP(=O)(O)O)[C@H](OP(=O)(O)O)[C@H]2O)cc1. The average molecular weight is 581 g/mol. The molecule has 2 rings (SSSR count). The van der Waals surface area contributed by atoms with E-state index in [0.717, 1.165) is 5.56 Å². The van der Waals surface area contributed by atoms with Crippen molar-refractivity contribution in [3.8, 4) is 0 Å². The number of ether oxygens (including phenoxy) is 1. The van der Waals surface area contributed by atoms with Gasteiger partial charge in [0.25, 0.3) is 0 Å². The van der Waals surface area contributed by atoms with Crippen molar-refractivity contribution < 1.29 is 76.4 Å². The van der Waals surface area contributed by atoms with Gasteiger partial charge in [-0.25, -0.2) is 13.7 Å². The van der Waals surface area contributed by atoms with Crippen LogP contribution in [0.2, 0.25) is 0 Å². The first kappa shape index (κ1) is 31.0. The zero-order valence-electron chi connectivity index (χ0n) is 18.2. The Morgan fingerprint density at radius 2 is 1.17 bits per heavy atom. The van der Waals surface area contributed by atoms with Crippen molar-refractivity contribution in [3.63, 3.8) is 0 Å². The standard InChI is InChI=1S/C16H26NO16P3/c17-9-6-4-8(5-7-9)2-1-3-10(18)30-13-11(19)14(31-34(21,22)23)16(33-36(27,28)29)15(12(13)20)32-35(24,25)26/h4-7,11-16,19-20H,1-3,17H2,(H2,21,22,23)(H2,24,25,26)(H2,27,28,29)/t11-,12-,13?,14-,15+,16?/m0/s1. The number of nitrogen functional groups attached to an aromatic ring is 1. The Balaban J connectivity index is 2.25. The molecule has 0 bridgehead atoms. The number of aryl methyl sites for hydroxylation is 1. The quantitative estimate of drug-likeness (QED) is 0.0831. The number of benzene rings is 1. The lowest BCUT2D eigenvalue weighted by molar-refractivity contribution is -0.225. The molecule has 0 heterocycles. The molecule has 1 aliphatic rings. The van der Waals surface area contributed by atoms with Crippen LogP contribution < -0.4 is 5.73 Å². The van der Waals surface area contributed by atoms with E-state index in [9.17, 15) is 28.7 Å². The summed E-state index contributed by atoms with van der Waals surface area (Å²) < 4.78 is 52.0. The van der Waals surface area contributed by atoms with E-state index >= 15 is 0 Å². The number of nitrogens with two attached hydrogens (primary N) is 1. The van der Waals surface area contributed by atoms with E-state index in [1.54, 1.807) is 24.3 Å². The minimum Gasteiger partial charge on any atom is -0.457 e. The lowest BCUT2D eigenvalue weighted by Crippen LogP contribution is -2.66. The maximum absolute atomic E-state index is 12.3. The first-order valence-corrected chi connectivity index (χ1v) is 14.6. The highest BCUT2D eigenvalue weighted by Crippen LogP contribution is 2.50. The van der Waals surface area contributed by atoms with Crippen molar-refractivity contribution in [1.29, 1.82) is 0 Å². The van der Waals surface area contributed by atoms with Crippen LogP contribution in [-0.4, -0.2) is 82.2 Å². The number of phosphoric acid groups is 3. The normalized spacial score (nSPS) is 27.6. The van der Waals surface area contributed by atoms with Crippen molar-refractivity contribution in [3.05, 3.63) is 29.8 Å². The lowest BCUT2D eigenvalue weighted by Gasteiger charge is -2.45. The number of rotatable bonds is 11. The van der Waals surface area contributed by atoms with Crippen molar-refractivity contribution in [2.45, 2.75) is 55.9 Å². The second-order valence-corrected chi connectivity index (χ2v) is 11.3. The predicted octanol–water partition coefficient (Wildman–Crippen LogP) is -1.33. The van der Waals surface area contributed by atoms with Crippen LogP contribution in [0.15, 0.2) is 24.3 Å².